The Morgan fingerprint density at radius 3 is 2.49 bits per heavy atom. The number of ether oxygens (including phenoxy) is 2. The fraction of sp³-hybridized carbons (Fsp3) is 0.360. The topological polar surface area (TPSA) is 146 Å². The number of hydrogen-bond donors (Lipinski definition) is 1. The van der Waals surface area contributed by atoms with Gasteiger partial charge < -0.3 is 14.4 Å². The molecule has 2 heterocycles. The zero-order chi connectivity index (χ0) is 28.3. The van der Waals surface area contributed by atoms with E-state index in [2.05, 4.69) is 9.82 Å². The van der Waals surface area contributed by atoms with Crippen LogP contribution >= 0.6 is 11.6 Å². The molecule has 0 aliphatic carbocycles. The lowest BCUT2D eigenvalue weighted by molar-refractivity contribution is -0.385. The average Bonchev–Trinajstić information content (AvgIpc) is 3.23. The predicted octanol–water partition coefficient (Wildman–Crippen LogP) is 3.94. The number of nitro benzene ring substituents is 1. The summed E-state index contributed by atoms with van der Waals surface area (Å²) in [6.45, 7) is 7.01. The molecule has 12 nitrogen and oxygen atoms in total. The molecule has 0 radical (unpaired) electrons. The van der Waals surface area contributed by atoms with Crippen molar-refractivity contribution in [3.05, 3.63) is 68.9 Å². The Balaban J connectivity index is 1.84. The number of carbonyl (C=O) groups excluding carboxylic acids is 1. The number of sulfonamides is 1. The van der Waals surface area contributed by atoms with E-state index >= 15 is 0 Å². The number of halogens is 1. The molecule has 0 bridgehead atoms. The van der Waals surface area contributed by atoms with Gasteiger partial charge in [-0.15, -0.1) is 0 Å². The number of non-ortho nitro benzene ring substituents is 1. The van der Waals surface area contributed by atoms with Gasteiger partial charge in [-0.05, 0) is 43.2 Å². The number of amides is 1. The maximum absolute atomic E-state index is 13.4. The van der Waals surface area contributed by atoms with Crippen LogP contribution in [0.5, 0.6) is 11.6 Å². The highest BCUT2D eigenvalue weighted by molar-refractivity contribution is 7.89. The smallest absolute Gasteiger partial charge is 0.274 e. The number of hydrogen-bond acceptors (Lipinski definition) is 8. The molecular formula is C25H28ClN5O7S. The molecule has 1 saturated heterocycles. The summed E-state index contributed by atoms with van der Waals surface area (Å²) in [5.41, 5.74) is 0.561. The van der Waals surface area contributed by atoms with Crippen LogP contribution in [0, 0.1) is 23.0 Å². The first-order valence-corrected chi connectivity index (χ1v) is 14.0. The number of nitro groups is 1. The van der Waals surface area contributed by atoms with E-state index in [0.717, 1.165) is 12.1 Å². The molecule has 2 aromatic carbocycles. The number of rotatable bonds is 9. The Labute approximate surface area is 230 Å². The lowest BCUT2D eigenvalue weighted by Gasteiger charge is -2.26. The van der Waals surface area contributed by atoms with Crippen molar-refractivity contribution in [2.75, 3.05) is 32.8 Å². The molecule has 4 rings (SSSR count). The van der Waals surface area contributed by atoms with Crippen LogP contribution in [0.15, 0.2) is 47.4 Å². The monoisotopic (exact) mass is 577 g/mol. The lowest BCUT2D eigenvalue weighted by atomic mass is 10.2. The van der Waals surface area contributed by atoms with Crippen LogP contribution in [0.1, 0.15) is 29.9 Å². The summed E-state index contributed by atoms with van der Waals surface area (Å²) in [7, 11) is -4.20. The molecule has 1 N–H and O–H groups in total. The third-order valence-electron chi connectivity index (χ3n) is 5.96. The molecular weight excluding hydrogens is 550 g/mol. The normalized spacial score (nSPS) is 14.0. The molecule has 0 spiro atoms. The van der Waals surface area contributed by atoms with Gasteiger partial charge in [-0.3, -0.25) is 14.9 Å². The van der Waals surface area contributed by atoms with Crippen molar-refractivity contribution in [2.24, 2.45) is 5.92 Å². The third kappa shape index (κ3) is 6.38. The molecule has 1 aliphatic heterocycles. The van der Waals surface area contributed by atoms with Crippen LogP contribution in [0.3, 0.4) is 0 Å². The molecule has 0 saturated carbocycles. The summed E-state index contributed by atoms with van der Waals surface area (Å²) >= 11 is 6.06. The van der Waals surface area contributed by atoms with Crippen molar-refractivity contribution in [1.29, 1.82) is 0 Å². The fourth-order valence-electron chi connectivity index (χ4n) is 3.84. The fourth-order valence-corrected chi connectivity index (χ4v) is 5.32. The molecule has 39 heavy (non-hydrogen) atoms. The van der Waals surface area contributed by atoms with Crippen LogP contribution in [-0.4, -0.2) is 66.8 Å². The molecule has 1 aliphatic rings. The number of benzene rings is 2. The van der Waals surface area contributed by atoms with Gasteiger partial charge in [-0.1, -0.05) is 25.4 Å². The predicted molar refractivity (Wildman–Crippen MR) is 143 cm³/mol. The summed E-state index contributed by atoms with van der Waals surface area (Å²) < 4.78 is 41.7. The van der Waals surface area contributed by atoms with Crippen LogP contribution < -0.4 is 9.46 Å². The Bertz CT molecular complexity index is 1480. The maximum Gasteiger partial charge on any atom is 0.274 e. The highest BCUT2D eigenvalue weighted by Gasteiger charge is 2.30. The first-order chi connectivity index (χ1) is 18.5. The number of nitrogens with zero attached hydrogens (tertiary/aromatic N) is 4. The standard InChI is InChI=1S/C25H28ClN5O7S/c1-16(2)15-27-39(35,36)22-14-20(31(33)34)8-9-21(22)38-25-17(3)23(24(32)29-10-12-37-13-11-29)28-30(25)19-6-4-18(26)5-7-19/h4-9,14,16,27H,10-13,15H2,1-3H3. The molecule has 3 aromatic rings. The van der Waals surface area contributed by atoms with E-state index in [-0.39, 0.29) is 35.7 Å². The molecule has 1 fully saturated rings. The zero-order valence-corrected chi connectivity index (χ0v) is 23.2. The molecule has 1 aromatic heterocycles. The highest BCUT2D eigenvalue weighted by atomic mass is 35.5. The lowest BCUT2D eigenvalue weighted by Crippen LogP contribution is -2.41. The van der Waals surface area contributed by atoms with Crippen molar-refractivity contribution < 1.29 is 27.6 Å². The van der Waals surface area contributed by atoms with Gasteiger partial charge in [-0.25, -0.2) is 13.1 Å². The van der Waals surface area contributed by atoms with E-state index in [0.29, 0.717) is 42.6 Å². The first kappa shape index (κ1) is 28.5. The van der Waals surface area contributed by atoms with Crippen molar-refractivity contribution in [3.63, 3.8) is 0 Å². The SMILES string of the molecule is Cc1c(C(=O)N2CCOCC2)nn(-c2ccc(Cl)cc2)c1Oc1ccc([N+](=O)[O-])cc1S(=O)(=O)NCC(C)C. The van der Waals surface area contributed by atoms with Crippen LogP contribution in [0.2, 0.25) is 5.02 Å². The second-order valence-corrected chi connectivity index (χ2v) is 11.5. The third-order valence-corrected chi connectivity index (χ3v) is 7.65. The summed E-state index contributed by atoms with van der Waals surface area (Å²) in [4.78, 5) is 25.3. The van der Waals surface area contributed by atoms with E-state index in [9.17, 15) is 23.3 Å². The minimum Gasteiger partial charge on any atom is -0.437 e. The van der Waals surface area contributed by atoms with Crippen molar-refractivity contribution in [3.8, 4) is 17.3 Å². The Kier molecular flexibility index (Phi) is 8.54. The maximum atomic E-state index is 13.4. The zero-order valence-electron chi connectivity index (χ0n) is 21.6. The van der Waals surface area contributed by atoms with Crippen LogP contribution in [-0.2, 0) is 14.8 Å². The molecule has 14 heteroatoms. The number of nitrogens with one attached hydrogen (secondary N) is 1. The van der Waals surface area contributed by atoms with E-state index < -0.39 is 25.5 Å². The average molecular weight is 578 g/mol. The van der Waals surface area contributed by atoms with Gasteiger partial charge in [0.15, 0.2) is 5.69 Å². The van der Waals surface area contributed by atoms with Gasteiger partial charge in [0, 0.05) is 42.4 Å². The van der Waals surface area contributed by atoms with Crippen molar-refractivity contribution in [1.82, 2.24) is 19.4 Å². The van der Waals surface area contributed by atoms with E-state index in [1.165, 1.54) is 10.7 Å². The second-order valence-electron chi connectivity index (χ2n) is 9.31. The Hall–Kier alpha value is -3.52. The van der Waals surface area contributed by atoms with Gasteiger partial charge in [0.25, 0.3) is 11.6 Å². The summed E-state index contributed by atoms with van der Waals surface area (Å²) in [5.74, 6) is -0.433. The Morgan fingerprint density at radius 2 is 1.87 bits per heavy atom. The molecule has 0 atom stereocenters. The van der Waals surface area contributed by atoms with Crippen molar-refractivity contribution in [2.45, 2.75) is 25.7 Å². The molecule has 1 amide bonds. The van der Waals surface area contributed by atoms with Gasteiger partial charge >= 0.3 is 0 Å². The van der Waals surface area contributed by atoms with Gasteiger partial charge in [0.1, 0.15) is 10.6 Å². The first-order valence-electron chi connectivity index (χ1n) is 12.2. The summed E-state index contributed by atoms with van der Waals surface area (Å²) in [6.07, 6.45) is 0. The molecule has 0 unspecified atom stereocenters. The summed E-state index contributed by atoms with van der Waals surface area (Å²) in [5, 5.41) is 16.4. The van der Waals surface area contributed by atoms with Gasteiger partial charge in [0.2, 0.25) is 15.9 Å². The van der Waals surface area contributed by atoms with Crippen LogP contribution in [0.25, 0.3) is 5.69 Å². The highest BCUT2D eigenvalue weighted by Crippen LogP contribution is 2.36. The van der Waals surface area contributed by atoms with Crippen LogP contribution in [0.4, 0.5) is 5.69 Å². The van der Waals surface area contributed by atoms with Gasteiger partial charge in [-0.2, -0.15) is 9.78 Å². The minimum atomic E-state index is -4.20. The number of morpholine rings is 1. The minimum absolute atomic E-state index is 0.00909. The number of carbonyl (C=O) groups is 1. The van der Waals surface area contributed by atoms with E-state index in [1.54, 1.807) is 36.1 Å². The quantitative estimate of drug-likeness (QED) is 0.297. The summed E-state index contributed by atoms with van der Waals surface area (Å²) in [6, 6.07) is 9.91. The van der Waals surface area contributed by atoms with Crippen molar-refractivity contribution >= 4 is 33.2 Å². The second kappa shape index (κ2) is 11.7. The van der Waals surface area contributed by atoms with Gasteiger partial charge in [0.05, 0.1) is 23.8 Å². The molecule has 208 valence electrons. The number of aromatic nitrogens is 2. The largest absolute Gasteiger partial charge is 0.437 e. The van der Waals surface area contributed by atoms with E-state index in [4.69, 9.17) is 21.1 Å². The Morgan fingerprint density at radius 1 is 1.21 bits per heavy atom. The van der Waals surface area contributed by atoms with E-state index in [1.807, 2.05) is 13.8 Å².